The molecule has 1 saturated heterocycles. The van der Waals surface area contributed by atoms with Crippen LogP contribution in [0.15, 0.2) is 61.6 Å². The predicted octanol–water partition coefficient (Wildman–Crippen LogP) is 6.13. The van der Waals surface area contributed by atoms with Crippen LogP contribution < -0.4 is 29.9 Å². The molecule has 2 aliphatic rings. The average molecular weight is 552 g/mol. The topological polar surface area (TPSA) is 87.7 Å². The highest BCUT2D eigenvalue weighted by molar-refractivity contribution is 5.90. The summed E-state index contributed by atoms with van der Waals surface area (Å²) < 4.78 is 12.4. The quantitative estimate of drug-likeness (QED) is 0.268. The third-order valence-corrected chi connectivity index (χ3v) is 8.07. The maximum absolute atomic E-state index is 6.37. The monoisotopic (exact) mass is 551 g/mol. The lowest BCUT2D eigenvalue weighted by Crippen LogP contribution is -2.56. The number of aromatic nitrogens is 3. The molecule has 0 bridgehead atoms. The molecule has 0 spiro atoms. The van der Waals surface area contributed by atoms with E-state index in [4.69, 9.17) is 14.5 Å². The summed E-state index contributed by atoms with van der Waals surface area (Å²) in [5.74, 6) is 4.30. The zero-order chi connectivity index (χ0) is 28.5. The molecule has 41 heavy (non-hydrogen) atoms. The summed E-state index contributed by atoms with van der Waals surface area (Å²) in [5, 5.41) is 6.90. The number of hydrogen-bond acceptors (Lipinski definition) is 9. The molecule has 4 heterocycles. The van der Waals surface area contributed by atoms with E-state index in [-0.39, 0.29) is 6.04 Å². The van der Waals surface area contributed by atoms with Gasteiger partial charge in [0.05, 0.1) is 11.6 Å². The van der Waals surface area contributed by atoms with Gasteiger partial charge in [-0.15, -0.1) is 0 Å². The van der Waals surface area contributed by atoms with Crippen LogP contribution in [0.4, 0.5) is 23.0 Å². The molecule has 0 aliphatic carbocycles. The summed E-state index contributed by atoms with van der Waals surface area (Å²) in [4.78, 5) is 18.4. The number of piperazine rings is 1. The molecular weight excluding hydrogens is 514 g/mol. The normalized spacial score (nSPS) is 16.8. The molecule has 2 aromatic carbocycles. The molecule has 0 radical (unpaired) electrons. The number of nitrogens with one attached hydrogen (secondary N) is 2. The standard InChI is InChI=1S/C32H37N7O2/c1-6-20(3)25-15-24(9-10-27(25)38(5)7-2)41-28-11-8-22(14-21(28)4)36-31-30-26(34-19-35-31)16-29-32(37-30)39-13-12-33-17-23(39)18-40-29/h7-11,14-16,19-20,23,33H,2,6,12-13,17-18H2,1,3-5H3,(H,34,35,36). The van der Waals surface area contributed by atoms with Crippen LogP contribution in [0.5, 0.6) is 17.2 Å². The molecule has 2 aromatic heterocycles. The van der Waals surface area contributed by atoms with Crippen LogP contribution >= 0.6 is 0 Å². The predicted molar refractivity (Wildman–Crippen MR) is 165 cm³/mol. The van der Waals surface area contributed by atoms with Crippen molar-refractivity contribution in [1.82, 2.24) is 20.3 Å². The van der Waals surface area contributed by atoms with Gasteiger partial charge in [0.2, 0.25) is 0 Å². The van der Waals surface area contributed by atoms with Gasteiger partial charge in [-0.25, -0.2) is 15.0 Å². The van der Waals surface area contributed by atoms with E-state index in [9.17, 15) is 0 Å². The number of hydrogen-bond donors (Lipinski definition) is 2. The van der Waals surface area contributed by atoms with Crippen molar-refractivity contribution < 1.29 is 9.47 Å². The number of benzene rings is 2. The number of ether oxygens (including phenoxy) is 2. The van der Waals surface area contributed by atoms with Gasteiger partial charge in [-0.1, -0.05) is 20.4 Å². The second-order valence-electron chi connectivity index (χ2n) is 10.8. The van der Waals surface area contributed by atoms with E-state index in [0.717, 1.165) is 71.6 Å². The number of pyridine rings is 1. The number of anilines is 4. The van der Waals surface area contributed by atoms with Gasteiger partial charge in [0, 0.05) is 44.1 Å². The Morgan fingerprint density at radius 1 is 1.24 bits per heavy atom. The molecule has 2 atom stereocenters. The summed E-state index contributed by atoms with van der Waals surface area (Å²) in [6, 6.07) is 14.5. The highest BCUT2D eigenvalue weighted by Crippen LogP contribution is 2.38. The molecule has 212 valence electrons. The molecule has 9 nitrogen and oxygen atoms in total. The molecule has 0 amide bonds. The van der Waals surface area contributed by atoms with Crippen molar-refractivity contribution in [2.75, 3.05) is 48.4 Å². The Balaban J connectivity index is 1.26. The second-order valence-corrected chi connectivity index (χ2v) is 10.8. The molecule has 4 aromatic rings. The van der Waals surface area contributed by atoms with Gasteiger partial charge in [-0.05, 0) is 73.0 Å². The Labute approximate surface area is 241 Å². The van der Waals surface area contributed by atoms with Crippen molar-refractivity contribution in [3.8, 4) is 17.2 Å². The number of nitrogens with zero attached hydrogens (tertiary/aromatic N) is 5. The maximum atomic E-state index is 6.37. The molecule has 6 rings (SSSR count). The van der Waals surface area contributed by atoms with Crippen molar-refractivity contribution >= 4 is 34.0 Å². The second kappa shape index (κ2) is 11.2. The van der Waals surface area contributed by atoms with Crippen molar-refractivity contribution in [2.24, 2.45) is 0 Å². The largest absolute Gasteiger partial charge is 0.487 e. The fourth-order valence-corrected chi connectivity index (χ4v) is 5.47. The lowest BCUT2D eigenvalue weighted by molar-refractivity contribution is 0.245. The Hall–Kier alpha value is -4.37. The van der Waals surface area contributed by atoms with Crippen molar-refractivity contribution in [1.29, 1.82) is 0 Å². The first kappa shape index (κ1) is 26.8. The van der Waals surface area contributed by atoms with E-state index < -0.39 is 0 Å². The molecule has 9 heteroatoms. The van der Waals surface area contributed by atoms with Crippen molar-refractivity contribution in [3.63, 3.8) is 0 Å². The van der Waals surface area contributed by atoms with Gasteiger partial charge in [0.1, 0.15) is 29.9 Å². The summed E-state index contributed by atoms with van der Waals surface area (Å²) in [7, 11) is 2.02. The van der Waals surface area contributed by atoms with Gasteiger partial charge in [-0.3, -0.25) is 0 Å². The van der Waals surface area contributed by atoms with Crippen LogP contribution in [-0.4, -0.2) is 54.3 Å². The van der Waals surface area contributed by atoms with Gasteiger partial charge >= 0.3 is 0 Å². The van der Waals surface area contributed by atoms with Crippen LogP contribution in [-0.2, 0) is 0 Å². The van der Waals surface area contributed by atoms with E-state index in [1.54, 1.807) is 6.33 Å². The van der Waals surface area contributed by atoms with Gasteiger partial charge in [0.25, 0.3) is 0 Å². The van der Waals surface area contributed by atoms with E-state index in [1.807, 2.05) is 49.3 Å². The maximum Gasteiger partial charge on any atom is 0.172 e. The Kier molecular flexibility index (Phi) is 7.36. The van der Waals surface area contributed by atoms with Crippen LogP contribution in [0.2, 0.25) is 0 Å². The molecule has 2 unspecified atom stereocenters. The first-order valence-electron chi connectivity index (χ1n) is 14.3. The highest BCUT2D eigenvalue weighted by Gasteiger charge is 2.31. The molecular formula is C32H37N7O2. The Morgan fingerprint density at radius 2 is 2.12 bits per heavy atom. The van der Waals surface area contributed by atoms with Crippen LogP contribution in [0, 0.1) is 6.92 Å². The molecule has 1 fully saturated rings. The third kappa shape index (κ3) is 5.25. The van der Waals surface area contributed by atoms with E-state index >= 15 is 0 Å². The summed E-state index contributed by atoms with van der Waals surface area (Å²) >= 11 is 0. The minimum Gasteiger partial charge on any atom is -0.487 e. The van der Waals surface area contributed by atoms with E-state index in [0.29, 0.717) is 23.9 Å². The third-order valence-electron chi connectivity index (χ3n) is 8.07. The Bertz CT molecular complexity index is 1590. The van der Waals surface area contributed by atoms with Crippen LogP contribution in [0.3, 0.4) is 0 Å². The zero-order valence-corrected chi connectivity index (χ0v) is 24.1. The van der Waals surface area contributed by atoms with Gasteiger partial charge < -0.3 is 29.9 Å². The minimum atomic E-state index is 0.276. The summed E-state index contributed by atoms with van der Waals surface area (Å²) in [6.45, 7) is 13.8. The van der Waals surface area contributed by atoms with Gasteiger partial charge in [0.15, 0.2) is 17.4 Å². The van der Waals surface area contributed by atoms with Gasteiger partial charge in [-0.2, -0.15) is 0 Å². The highest BCUT2D eigenvalue weighted by atomic mass is 16.5. The number of rotatable bonds is 8. The lowest BCUT2D eigenvalue weighted by atomic mass is 9.96. The molecule has 0 saturated carbocycles. The molecule has 2 N–H and O–H groups in total. The van der Waals surface area contributed by atoms with Crippen molar-refractivity contribution in [2.45, 2.75) is 39.2 Å². The first-order valence-corrected chi connectivity index (χ1v) is 14.3. The minimum absolute atomic E-state index is 0.276. The molecule has 2 aliphatic heterocycles. The van der Waals surface area contributed by atoms with E-state index in [2.05, 4.69) is 64.1 Å². The van der Waals surface area contributed by atoms with Crippen LogP contribution in [0.25, 0.3) is 11.0 Å². The zero-order valence-electron chi connectivity index (χ0n) is 24.1. The number of fused-ring (bicyclic) bond motifs is 4. The number of aryl methyl sites for hydroxylation is 1. The van der Waals surface area contributed by atoms with Crippen molar-refractivity contribution in [3.05, 3.63) is 72.7 Å². The summed E-state index contributed by atoms with van der Waals surface area (Å²) in [5.41, 5.74) is 5.75. The fourth-order valence-electron chi connectivity index (χ4n) is 5.47. The van der Waals surface area contributed by atoms with E-state index in [1.165, 1.54) is 5.56 Å². The smallest absolute Gasteiger partial charge is 0.172 e. The lowest BCUT2D eigenvalue weighted by Gasteiger charge is -2.40. The SMILES string of the molecule is C=CN(C)c1ccc(Oc2ccc(Nc3ncnc4cc5c(nc34)N3CCNCC3CO5)cc2C)cc1C(C)CC. The summed E-state index contributed by atoms with van der Waals surface area (Å²) in [6.07, 6.45) is 4.43. The first-order chi connectivity index (χ1) is 19.9. The fraction of sp³-hybridized carbons (Fsp3) is 0.344. The Morgan fingerprint density at radius 3 is 2.93 bits per heavy atom. The van der Waals surface area contributed by atoms with Crippen LogP contribution in [0.1, 0.15) is 37.3 Å². The average Bonchev–Trinajstić information content (AvgIpc) is 3.00.